The summed E-state index contributed by atoms with van der Waals surface area (Å²) in [4.78, 5) is 0. The molecule has 0 bridgehead atoms. The van der Waals surface area contributed by atoms with E-state index in [0.717, 1.165) is 5.56 Å². The summed E-state index contributed by atoms with van der Waals surface area (Å²) in [6, 6.07) is 15.2. The molecular formula is C14H12FO. The van der Waals surface area contributed by atoms with Gasteiger partial charge in [-0.25, -0.2) is 4.39 Å². The number of aryl methyl sites for hydroxylation is 1. The molecule has 0 fully saturated rings. The third kappa shape index (κ3) is 2.60. The van der Waals surface area contributed by atoms with E-state index in [1.807, 2.05) is 31.2 Å². The second-order valence-corrected chi connectivity index (χ2v) is 3.62. The van der Waals surface area contributed by atoms with Gasteiger partial charge in [0.2, 0.25) is 0 Å². The zero-order valence-electron chi connectivity index (χ0n) is 9.03. The summed E-state index contributed by atoms with van der Waals surface area (Å²) in [5.41, 5.74) is 2.22. The van der Waals surface area contributed by atoms with E-state index in [9.17, 15) is 4.39 Å². The van der Waals surface area contributed by atoms with Crippen molar-refractivity contribution in [1.82, 2.24) is 0 Å². The van der Waals surface area contributed by atoms with Crippen LogP contribution in [0.15, 0.2) is 42.5 Å². The van der Waals surface area contributed by atoms with Crippen molar-refractivity contribution in [3.05, 3.63) is 65.5 Å². The molecule has 0 saturated carbocycles. The van der Waals surface area contributed by atoms with E-state index >= 15 is 0 Å². The molecule has 0 heterocycles. The molecule has 0 atom stereocenters. The van der Waals surface area contributed by atoms with Gasteiger partial charge in [0, 0.05) is 6.07 Å². The summed E-state index contributed by atoms with van der Waals surface area (Å²) in [6.07, 6.45) is 0. The summed E-state index contributed by atoms with van der Waals surface area (Å²) in [7, 11) is 0. The third-order valence-corrected chi connectivity index (χ3v) is 2.29. The fourth-order valence-electron chi connectivity index (χ4n) is 1.36. The molecule has 0 aliphatic heterocycles. The van der Waals surface area contributed by atoms with Crippen molar-refractivity contribution in [2.45, 2.75) is 13.5 Å². The van der Waals surface area contributed by atoms with E-state index in [1.54, 1.807) is 12.1 Å². The van der Waals surface area contributed by atoms with Crippen LogP contribution in [-0.4, -0.2) is 0 Å². The van der Waals surface area contributed by atoms with Crippen LogP contribution in [0.2, 0.25) is 0 Å². The fraction of sp³-hybridized carbons (Fsp3) is 0.143. The average Bonchev–Trinajstić information content (AvgIpc) is 2.30. The number of rotatable bonds is 3. The Morgan fingerprint density at radius 1 is 1.19 bits per heavy atom. The largest absolute Gasteiger partial charge is 0.486 e. The highest BCUT2D eigenvalue weighted by atomic mass is 19.1. The quantitative estimate of drug-likeness (QED) is 0.761. The highest BCUT2D eigenvalue weighted by molar-refractivity contribution is 5.25. The van der Waals surface area contributed by atoms with E-state index in [2.05, 4.69) is 6.07 Å². The Bertz CT molecular complexity index is 462. The van der Waals surface area contributed by atoms with Crippen molar-refractivity contribution in [3.63, 3.8) is 0 Å². The van der Waals surface area contributed by atoms with Gasteiger partial charge < -0.3 is 4.74 Å². The van der Waals surface area contributed by atoms with Gasteiger partial charge in [0.25, 0.3) is 0 Å². The Morgan fingerprint density at radius 3 is 2.62 bits per heavy atom. The minimum atomic E-state index is -0.449. The highest BCUT2D eigenvalue weighted by Gasteiger charge is 2.01. The molecule has 0 spiro atoms. The molecule has 0 N–H and O–H groups in total. The van der Waals surface area contributed by atoms with Crippen LogP contribution < -0.4 is 4.74 Å². The molecule has 1 radical (unpaired) electrons. The van der Waals surface area contributed by atoms with Crippen LogP contribution in [0, 0.1) is 18.8 Å². The van der Waals surface area contributed by atoms with Crippen molar-refractivity contribution >= 4 is 0 Å². The Hall–Kier alpha value is -1.83. The van der Waals surface area contributed by atoms with Gasteiger partial charge in [0.05, 0.1) is 0 Å². The van der Waals surface area contributed by atoms with E-state index < -0.39 is 5.82 Å². The number of hydrogen-bond donors (Lipinski definition) is 0. The Labute approximate surface area is 94.5 Å². The molecule has 81 valence electrons. The van der Waals surface area contributed by atoms with Gasteiger partial charge in [-0.3, -0.25) is 0 Å². The molecular weight excluding hydrogens is 203 g/mol. The third-order valence-electron chi connectivity index (χ3n) is 2.29. The SMILES string of the molecule is Cc1ccc(COc2ccc[c]c2F)cc1. The molecule has 0 aliphatic carbocycles. The molecule has 1 nitrogen and oxygen atoms in total. The average molecular weight is 215 g/mol. The number of hydrogen-bond acceptors (Lipinski definition) is 1. The normalized spacial score (nSPS) is 10.1. The predicted octanol–water partition coefficient (Wildman–Crippen LogP) is 3.51. The van der Waals surface area contributed by atoms with Crippen LogP contribution in [0.3, 0.4) is 0 Å². The lowest BCUT2D eigenvalue weighted by molar-refractivity contribution is 0.290. The number of ether oxygens (including phenoxy) is 1. The van der Waals surface area contributed by atoms with Gasteiger partial charge in [-0.1, -0.05) is 42.0 Å². The molecule has 2 aromatic rings. The van der Waals surface area contributed by atoms with Gasteiger partial charge in [-0.2, -0.15) is 0 Å². The van der Waals surface area contributed by atoms with E-state index in [4.69, 9.17) is 4.74 Å². The van der Waals surface area contributed by atoms with Crippen LogP contribution in [0.25, 0.3) is 0 Å². The Morgan fingerprint density at radius 2 is 1.94 bits per heavy atom. The lowest BCUT2D eigenvalue weighted by Crippen LogP contribution is -1.97. The predicted molar refractivity (Wildman–Crippen MR) is 60.7 cm³/mol. The smallest absolute Gasteiger partial charge is 0.172 e. The van der Waals surface area contributed by atoms with Gasteiger partial charge >= 0.3 is 0 Å². The topological polar surface area (TPSA) is 9.23 Å². The molecule has 0 aromatic heterocycles. The molecule has 0 unspecified atom stereocenters. The first-order valence-corrected chi connectivity index (χ1v) is 5.10. The van der Waals surface area contributed by atoms with Crippen LogP contribution in [0.4, 0.5) is 4.39 Å². The monoisotopic (exact) mass is 215 g/mol. The summed E-state index contributed by atoms with van der Waals surface area (Å²) < 4.78 is 18.5. The zero-order chi connectivity index (χ0) is 11.4. The number of halogens is 1. The molecule has 2 heteroatoms. The van der Waals surface area contributed by atoms with Crippen LogP contribution in [0.1, 0.15) is 11.1 Å². The lowest BCUT2D eigenvalue weighted by atomic mass is 10.2. The standard InChI is InChI=1S/C14H12FO/c1-11-6-8-12(9-7-11)10-16-14-5-3-2-4-13(14)15/h2-3,5-9H,10H2,1H3. The maximum absolute atomic E-state index is 13.2. The zero-order valence-corrected chi connectivity index (χ0v) is 9.03. The van der Waals surface area contributed by atoms with E-state index in [1.165, 1.54) is 11.6 Å². The molecule has 0 aliphatic rings. The van der Waals surface area contributed by atoms with Crippen molar-refractivity contribution in [3.8, 4) is 5.75 Å². The minimum Gasteiger partial charge on any atom is -0.486 e. The van der Waals surface area contributed by atoms with Gasteiger partial charge in [-0.15, -0.1) is 0 Å². The molecule has 2 aromatic carbocycles. The van der Waals surface area contributed by atoms with Crippen LogP contribution in [0.5, 0.6) is 5.75 Å². The first-order chi connectivity index (χ1) is 7.75. The molecule has 0 amide bonds. The Balaban J connectivity index is 2.02. The van der Waals surface area contributed by atoms with Crippen molar-refractivity contribution in [2.75, 3.05) is 0 Å². The van der Waals surface area contributed by atoms with E-state index in [0.29, 0.717) is 6.61 Å². The van der Waals surface area contributed by atoms with Crippen molar-refractivity contribution < 1.29 is 9.13 Å². The summed E-state index contributed by atoms with van der Waals surface area (Å²) in [6.45, 7) is 2.39. The maximum Gasteiger partial charge on any atom is 0.172 e. The summed E-state index contributed by atoms with van der Waals surface area (Å²) in [5, 5.41) is 0. The molecule has 2 rings (SSSR count). The van der Waals surface area contributed by atoms with Crippen molar-refractivity contribution in [2.24, 2.45) is 0 Å². The van der Waals surface area contributed by atoms with Gasteiger partial charge in [0.15, 0.2) is 11.6 Å². The highest BCUT2D eigenvalue weighted by Crippen LogP contribution is 2.16. The van der Waals surface area contributed by atoms with Crippen LogP contribution >= 0.6 is 0 Å². The summed E-state index contributed by atoms with van der Waals surface area (Å²) in [5.74, 6) is -0.210. The van der Waals surface area contributed by atoms with Crippen LogP contribution in [-0.2, 0) is 6.61 Å². The Kier molecular flexibility index (Phi) is 3.20. The second kappa shape index (κ2) is 4.79. The number of benzene rings is 2. The van der Waals surface area contributed by atoms with Crippen molar-refractivity contribution in [1.29, 1.82) is 0 Å². The minimum absolute atomic E-state index is 0.239. The molecule has 16 heavy (non-hydrogen) atoms. The first-order valence-electron chi connectivity index (χ1n) is 5.10. The maximum atomic E-state index is 13.2. The van der Waals surface area contributed by atoms with E-state index in [-0.39, 0.29) is 5.75 Å². The fourth-order valence-corrected chi connectivity index (χ4v) is 1.36. The first kappa shape index (κ1) is 10.7. The van der Waals surface area contributed by atoms with Gasteiger partial charge in [-0.05, 0) is 18.6 Å². The second-order valence-electron chi connectivity index (χ2n) is 3.62. The molecule has 0 saturated heterocycles. The summed E-state index contributed by atoms with van der Waals surface area (Å²) >= 11 is 0. The lowest BCUT2D eigenvalue weighted by Gasteiger charge is -2.06. The van der Waals surface area contributed by atoms with Gasteiger partial charge in [0.1, 0.15) is 6.61 Å².